The summed E-state index contributed by atoms with van der Waals surface area (Å²) in [4.78, 5) is 6.48. The third kappa shape index (κ3) is 2.40. The summed E-state index contributed by atoms with van der Waals surface area (Å²) in [6.45, 7) is 0.888. The third-order valence-corrected chi connectivity index (χ3v) is 3.27. The lowest BCUT2D eigenvalue weighted by Gasteiger charge is -2.39. The molecule has 88 valence electrons. The molecular weight excluding hydrogens is 224 g/mol. The number of methoxy groups -OCH3 is 1. The van der Waals surface area contributed by atoms with Crippen molar-refractivity contribution in [3.63, 3.8) is 0 Å². The molecule has 1 aliphatic rings. The first-order chi connectivity index (χ1) is 7.85. The van der Waals surface area contributed by atoms with Crippen molar-refractivity contribution < 1.29 is 4.74 Å². The van der Waals surface area contributed by atoms with Crippen LogP contribution in [0.4, 0.5) is 5.69 Å². The van der Waals surface area contributed by atoms with E-state index in [-0.39, 0.29) is 0 Å². The highest BCUT2D eigenvalue weighted by Gasteiger charge is 2.24. The average molecular weight is 241 g/mol. The highest BCUT2D eigenvalue weighted by atomic mass is 35.5. The number of rotatable bonds is 5. The van der Waals surface area contributed by atoms with E-state index in [1.165, 1.54) is 19.3 Å². The molecule has 3 nitrogen and oxygen atoms in total. The van der Waals surface area contributed by atoms with E-state index in [9.17, 15) is 0 Å². The van der Waals surface area contributed by atoms with E-state index in [2.05, 4.69) is 9.88 Å². The first-order valence-electron chi connectivity index (χ1n) is 5.68. The molecule has 0 amide bonds. The summed E-state index contributed by atoms with van der Waals surface area (Å²) >= 11 is 5.86. The van der Waals surface area contributed by atoms with Crippen LogP contribution in [0.3, 0.4) is 0 Å². The van der Waals surface area contributed by atoms with Gasteiger partial charge in [0, 0.05) is 36.4 Å². The topological polar surface area (TPSA) is 25.4 Å². The van der Waals surface area contributed by atoms with Crippen LogP contribution in [0, 0.1) is 0 Å². The summed E-state index contributed by atoms with van der Waals surface area (Å²) in [7, 11) is 1.64. The van der Waals surface area contributed by atoms with Crippen LogP contribution in [-0.2, 0) is 0 Å². The second-order valence-corrected chi connectivity index (χ2v) is 4.40. The van der Waals surface area contributed by atoms with Crippen LogP contribution in [0.15, 0.2) is 18.3 Å². The molecule has 1 aromatic rings. The monoisotopic (exact) mass is 240 g/mol. The maximum atomic E-state index is 5.86. The first-order valence-corrected chi connectivity index (χ1v) is 6.21. The van der Waals surface area contributed by atoms with Crippen molar-refractivity contribution in [3.05, 3.63) is 18.3 Å². The SMILES string of the molecule is COc1cc(N(CCCl)C2CCC2)ccn1. The van der Waals surface area contributed by atoms with Crippen LogP contribution < -0.4 is 9.64 Å². The van der Waals surface area contributed by atoms with Gasteiger partial charge in [-0.2, -0.15) is 0 Å². The van der Waals surface area contributed by atoms with Crippen LogP contribution >= 0.6 is 11.6 Å². The molecule has 0 aromatic carbocycles. The van der Waals surface area contributed by atoms with Crippen molar-refractivity contribution in [1.82, 2.24) is 4.98 Å². The van der Waals surface area contributed by atoms with Crippen molar-refractivity contribution in [3.8, 4) is 5.88 Å². The Kier molecular flexibility index (Phi) is 3.88. The lowest BCUT2D eigenvalue weighted by molar-refractivity contribution is 0.385. The van der Waals surface area contributed by atoms with Gasteiger partial charge in [0.15, 0.2) is 0 Å². The predicted octanol–water partition coefficient (Wildman–Crippen LogP) is 2.69. The number of alkyl halides is 1. The van der Waals surface area contributed by atoms with Crippen LogP contribution in [0.2, 0.25) is 0 Å². The number of halogens is 1. The van der Waals surface area contributed by atoms with Crippen molar-refractivity contribution >= 4 is 17.3 Å². The number of aromatic nitrogens is 1. The van der Waals surface area contributed by atoms with Gasteiger partial charge in [0.05, 0.1) is 7.11 Å². The Morgan fingerprint density at radius 1 is 1.56 bits per heavy atom. The minimum absolute atomic E-state index is 0.644. The molecule has 0 unspecified atom stereocenters. The fourth-order valence-electron chi connectivity index (χ4n) is 2.00. The first kappa shape index (κ1) is 11.5. The standard InChI is InChI=1S/C12H17ClN2O/c1-16-12-9-11(5-7-14-12)15(8-6-13)10-3-2-4-10/h5,7,9-10H,2-4,6,8H2,1H3. The van der Waals surface area contributed by atoms with Gasteiger partial charge < -0.3 is 9.64 Å². The summed E-state index contributed by atoms with van der Waals surface area (Å²) in [6, 6.07) is 4.64. The molecule has 0 bridgehead atoms. The normalized spacial score (nSPS) is 15.6. The summed E-state index contributed by atoms with van der Waals surface area (Å²) in [5.41, 5.74) is 1.16. The van der Waals surface area contributed by atoms with E-state index in [0.717, 1.165) is 12.2 Å². The lowest BCUT2D eigenvalue weighted by Crippen LogP contribution is -2.41. The number of hydrogen-bond acceptors (Lipinski definition) is 3. The quantitative estimate of drug-likeness (QED) is 0.740. The van der Waals surface area contributed by atoms with E-state index in [1.54, 1.807) is 13.3 Å². The maximum Gasteiger partial charge on any atom is 0.214 e. The van der Waals surface area contributed by atoms with Gasteiger partial charge in [-0.15, -0.1) is 11.6 Å². The second-order valence-electron chi connectivity index (χ2n) is 4.02. The molecule has 0 N–H and O–H groups in total. The fraction of sp³-hybridized carbons (Fsp3) is 0.583. The molecule has 0 atom stereocenters. The second kappa shape index (κ2) is 5.39. The van der Waals surface area contributed by atoms with Crippen LogP contribution in [-0.4, -0.2) is 30.6 Å². The van der Waals surface area contributed by atoms with E-state index in [0.29, 0.717) is 17.8 Å². The Balaban J connectivity index is 2.16. The molecule has 1 aliphatic carbocycles. The van der Waals surface area contributed by atoms with Crippen molar-refractivity contribution in [1.29, 1.82) is 0 Å². The zero-order valence-corrected chi connectivity index (χ0v) is 10.3. The van der Waals surface area contributed by atoms with E-state index >= 15 is 0 Å². The van der Waals surface area contributed by atoms with Crippen LogP contribution in [0.1, 0.15) is 19.3 Å². The zero-order chi connectivity index (χ0) is 11.4. The number of hydrogen-bond donors (Lipinski definition) is 0. The maximum absolute atomic E-state index is 5.86. The smallest absolute Gasteiger partial charge is 0.214 e. The molecule has 1 aromatic heterocycles. The van der Waals surface area contributed by atoms with Gasteiger partial charge in [-0.3, -0.25) is 0 Å². The summed E-state index contributed by atoms with van der Waals surface area (Å²) in [6.07, 6.45) is 5.64. The Hall–Kier alpha value is -0.960. The zero-order valence-electron chi connectivity index (χ0n) is 9.53. The minimum atomic E-state index is 0.644. The summed E-state index contributed by atoms with van der Waals surface area (Å²) in [5.74, 6) is 1.32. The van der Waals surface area contributed by atoms with Gasteiger partial charge in [0.25, 0.3) is 0 Å². The molecule has 0 spiro atoms. The Labute approximate surface area is 101 Å². The average Bonchev–Trinajstić information content (AvgIpc) is 2.26. The van der Waals surface area contributed by atoms with Crippen LogP contribution in [0.5, 0.6) is 5.88 Å². The van der Waals surface area contributed by atoms with Gasteiger partial charge >= 0.3 is 0 Å². The predicted molar refractivity (Wildman–Crippen MR) is 66.5 cm³/mol. The van der Waals surface area contributed by atoms with Crippen molar-refractivity contribution in [2.24, 2.45) is 0 Å². The van der Waals surface area contributed by atoms with Gasteiger partial charge in [-0.1, -0.05) is 0 Å². The van der Waals surface area contributed by atoms with Crippen LogP contribution in [0.25, 0.3) is 0 Å². The summed E-state index contributed by atoms with van der Waals surface area (Å²) < 4.78 is 5.14. The van der Waals surface area contributed by atoms with Gasteiger partial charge in [-0.05, 0) is 25.3 Å². The van der Waals surface area contributed by atoms with Crippen molar-refractivity contribution in [2.75, 3.05) is 24.4 Å². The van der Waals surface area contributed by atoms with E-state index in [4.69, 9.17) is 16.3 Å². The van der Waals surface area contributed by atoms with Crippen molar-refractivity contribution in [2.45, 2.75) is 25.3 Å². The largest absolute Gasteiger partial charge is 0.481 e. The molecule has 1 fully saturated rings. The molecule has 16 heavy (non-hydrogen) atoms. The Morgan fingerprint density at radius 3 is 2.94 bits per heavy atom. The highest BCUT2D eigenvalue weighted by Crippen LogP contribution is 2.30. The van der Waals surface area contributed by atoms with E-state index < -0.39 is 0 Å². The highest BCUT2D eigenvalue weighted by molar-refractivity contribution is 6.18. The van der Waals surface area contributed by atoms with Gasteiger partial charge in [0.2, 0.25) is 5.88 Å². The Morgan fingerprint density at radius 2 is 2.38 bits per heavy atom. The molecule has 0 aliphatic heterocycles. The molecule has 4 heteroatoms. The number of ether oxygens (including phenoxy) is 1. The van der Waals surface area contributed by atoms with Gasteiger partial charge in [-0.25, -0.2) is 4.98 Å². The molecule has 0 saturated heterocycles. The fourth-order valence-corrected chi connectivity index (χ4v) is 2.18. The molecule has 2 rings (SSSR count). The number of anilines is 1. The molecule has 1 saturated carbocycles. The lowest BCUT2D eigenvalue weighted by atomic mass is 9.91. The van der Waals surface area contributed by atoms with E-state index in [1.807, 2.05) is 12.1 Å². The minimum Gasteiger partial charge on any atom is -0.481 e. The molecule has 0 radical (unpaired) electrons. The van der Waals surface area contributed by atoms with Gasteiger partial charge in [0.1, 0.15) is 0 Å². The summed E-state index contributed by atoms with van der Waals surface area (Å²) in [5, 5.41) is 0. The number of nitrogens with zero attached hydrogens (tertiary/aromatic N) is 2. The number of pyridine rings is 1. The molecular formula is C12H17ClN2O. The molecule has 1 heterocycles. The Bertz CT molecular complexity index is 342. The third-order valence-electron chi connectivity index (χ3n) is 3.10.